The molecule has 4 rings (SSSR count). The molecule has 0 aliphatic heterocycles. The highest BCUT2D eigenvalue weighted by Gasteiger charge is 2.16. The van der Waals surface area contributed by atoms with E-state index in [9.17, 15) is 14.4 Å². The maximum absolute atomic E-state index is 13.2. The number of likely N-dealkylation sites (N-methyl/N-ethyl adjacent to an activating group) is 1. The van der Waals surface area contributed by atoms with E-state index in [0.29, 0.717) is 10.7 Å². The molecular weight excluding hydrogens is 452 g/mol. The molecular formula is C21H19ClN6O3S. The van der Waals surface area contributed by atoms with E-state index in [2.05, 4.69) is 20.6 Å². The first-order valence-corrected chi connectivity index (χ1v) is 10.8. The highest BCUT2D eigenvalue weighted by molar-refractivity contribution is 7.18. The van der Waals surface area contributed by atoms with Crippen LogP contribution in [0.1, 0.15) is 10.6 Å². The Labute approximate surface area is 191 Å². The number of thiazole rings is 1. The first kappa shape index (κ1) is 21.7. The van der Waals surface area contributed by atoms with Crippen LogP contribution in [0.15, 0.2) is 52.1 Å². The molecule has 2 heterocycles. The van der Waals surface area contributed by atoms with Gasteiger partial charge in [-0.3, -0.25) is 9.36 Å². The van der Waals surface area contributed by atoms with Gasteiger partial charge in [-0.25, -0.2) is 19.1 Å². The number of nitrogens with zero attached hydrogens (tertiary/aromatic N) is 4. The number of hydrogen-bond acceptors (Lipinski definition) is 7. The maximum Gasteiger partial charge on any atom is 0.355 e. The molecule has 0 atom stereocenters. The van der Waals surface area contributed by atoms with Gasteiger partial charge in [0.1, 0.15) is 6.54 Å². The van der Waals surface area contributed by atoms with Gasteiger partial charge in [0.15, 0.2) is 0 Å². The lowest BCUT2D eigenvalue weighted by Crippen LogP contribution is -2.45. The topological polar surface area (TPSA) is 111 Å². The molecule has 1 amide bonds. The Balaban J connectivity index is 1.79. The maximum atomic E-state index is 13.2. The Morgan fingerprint density at radius 2 is 1.84 bits per heavy atom. The van der Waals surface area contributed by atoms with E-state index in [4.69, 9.17) is 11.6 Å². The molecule has 0 saturated heterocycles. The quantitative estimate of drug-likeness (QED) is 0.448. The molecule has 2 aromatic carbocycles. The molecule has 0 fully saturated rings. The lowest BCUT2D eigenvalue weighted by atomic mass is 10.2. The normalized spacial score (nSPS) is 11.0. The van der Waals surface area contributed by atoms with E-state index in [0.717, 1.165) is 25.4 Å². The molecule has 0 radical (unpaired) electrons. The summed E-state index contributed by atoms with van der Waals surface area (Å²) >= 11 is 7.51. The highest BCUT2D eigenvalue weighted by Crippen LogP contribution is 2.26. The summed E-state index contributed by atoms with van der Waals surface area (Å²) in [5, 5.41) is 6.98. The van der Waals surface area contributed by atoms with Crippen LogP contribution in [-0.2, 0) is 17.9 Å². The van der Waals surface area contributed by atoms with E-state index in [1.807, 2.05) is 19.1 Å². The van der Waals surface area contributed by atoms with Crippen LogP contribution in [0.3, 0.4) is 0 Å². The second-order valence-corrected chi connectivity index (χ2v) is 8.68. The molecule has 0 bridgehead atoms. The number of nitrogens with one attached hydrogen (secondary N) is 2. The van der Waals surface area contributed by atoms with Gasteiger partial charge in [-0.05, 0) is 42.8 Å². The van der Waals surface area contributed by atoms with Gasteiger partial charge < -0.3 is 10.6 Å². The van der Waals surface area contributed by atoms with E-state index in [1.54, 1.807) is 41.7 Å². The van der Waals surface area contributed by atoms with Crippen molar-refractivity contribution in [3.63, 3.8) is 0 Å². The molecule has 9 nitrogen and oxygen atoms in total. The van der Waals surface area contributed by atoms with Crippen molar-refractivity contribution in [3.8, 4) is 0 Å². The Kier molecular flexibility index (Phi) is 6.06. The Morgan fingerprint density at radius 3 is 2.56 bits per heavy atom. The lowest BCUT2D eigenvalue weighted by molar-refractivity contribution is -0.121. The van der Waals surface area contributed by atoms with Gasteiger partial charge in [0, 0.05) is 17.8 Å². The number of amides is 1. The Morgan fingerprint density at radius 1 is 1.09 bits per heavy atom. The van der Waals surface area contributed by atoms with Crippen molar-refractivity contribution in [1.29, 1.82) is 0 Å². The van der Waals surface area contributed by atoms with Gasteiger partial charge in [0.2, 0.25) is 11.9 Å². The monoisotopic (exact) mass is 470 g/mol. The second-order valence-electron chi connectivity index (χ2n) is 7.01. The number of halogens is 1. The molecule has 11 heteroatoms. The van der Waals surface area contributed by atoms with Gasteiger partial charge in [-0.15, -0.1) is 11.3 Å². The van der Waals surface area contributed by atoms with Crippen LogP contribution in [0.5, 0.6) is 0 Å². The number of aromatic nitrogens is 4. The van der Waals surface area contributed by atoms with Crippen LogP contribution in [0.4, 0.5) is 11.6 Å². The summed E-state index contributed by atoms with van der Waals surface area (Å²) < 4.78 is 3.08. The predicted molar refractivity (Wildman–Crippen MR) is 125 cm³/mol. The molecule has 0 spiro atoms. The van der Waals surface area contributed by atoms with E-state index in [-0.39, 0.29) is 12.5 Å². The third kappa shape index (κ3) is 4.56. The van der Waals surface area contributed by atoms with Crippen molar-refractivity contribution < 1.29 is 4.79 Å². The summed E-state index contributed by atoms with van der Waals surface area (Å²) in [6.45, 7) is 1.63. The van der Waals surface area contributed by atoms with Gasteiger partial charge in [0.25, 0.3) is 0 Å². The van der Waals surface area contributed by atoms with Crippen LogP contribution >= 0.6 is 22.9 Å². The average molecular weight is 471 g/mol. The Hall–Kier alpha value is -3.50. The van der Waals surface area contributed by atoms with Crippen molar-refractivity contribution in [2.24, 2.45) is 0 Å². The molecule has 164 valence electrons. The zero-order valence-electron chi connectivity index (χ0n) is 17.3. The minimum atomic E-state index is -0.817. The van der Waals surface area contributed by atoms with Crippen molar-refractivity contribution in [1.82, 2.24) is 24.4 Å². The molecule has 0 saturated carbocycles. The summed E-state index contributed by atoms with van der Waals surface area (Å²) in [6, 6.07) is 12.5. The highest BCUT2D eigenvalue weighted by atomic mass is 35.5. The second kappa shape index (κ2) is 8.93. The molecule has 0 aliphatic carbocycles. The fraction of sp³-hybridized carbons (Fsp3) is 0.190. The number of fused-ring (bicyclic) bond motifs is 1. The first-order chi connectivity index (χ1) is 15.3. The predicted octanol–water partition coefficient (Wildman–Crippen LogP) is 2.51. The number of carbonyl (C=O) groups excluding carboxylic acids is 1. The smallest absolute Gasteiger partial charge is 0.355 e. The SMILES string of the molecule is CNC(=O)Cn1c(=O)nc(Nc2ccc3nc(C)sc3c2)n(Cc2ccc(Cl)cc2)c1=O. The summed E-state index contributed by atoms with van der Waals surface area (Å²) in [4.78, 5) is 46.0. The van der Waals surface area contributed by atoms with Gasteiger partial charge in [-0.2, -0.15) is 4.98 Å². The molecule has 0 aliphatic rings. The summed E-state index contributed by atoms with van der Waals surface area (Å²) in [5.74, 6) is -0.403. The summed E-state index contributed by atoms with van der Waals surface area (Å²) in [6.07, 6.45) is 0. The molecule has 2 N–H and O–H groups in total. The van der Waals surface area contributed by atoms with E-state index in [1.165, 1.54) is 11.6 Å². The minimum absolute atomic E-state index is 0.0729. The summed E-state index contributed by atoms with van der Waals surface area (Å²) in [5.41, 5.74) is 0.830. The Bertz CT molecular complexity index is 1420. The minimum Gasteiger partial charge on any atom is -0.358 e. The molecule has 2 aromatic heterocycles. The van der Waals surface area contributed by atoms with Crippen molar-refractivity contribution in [2.45, 2.75) is 20.0 Å². The van der Waals surface area contributed by atoms with E-state index >= 15 is 0 Å². The van der Waals surface area contributed by atoms with Gasteiger partial charge in [-0.1, -0.05) is 23.7 Å². The van der Waals surface area contributed by atoms with Crippen LogP contribution in [0.25, 0.3) is 10.2 Å². The fourth-order valence-corrected chi connectivity index (χ4v) is 4.14. The van der Waals surface area contributed by atoms with Gasteiger partial charge in [0.05, 0.1) is 21.8 Å². The number of carbonyl (C=O) groups is 1. The average Bonchev–Trinajstić information content (AvgIpc) is 3.14. The number of hydrogen-bond donors (Lipinski definition) is 2. The van der Waals surface area contributed by atoms with Crippen LogP contribution in [0, 0.1) is 6.92 Å². The van der Waals surface area contributed by atoms with Crippen LogP contribution in [0.2, 0.25) is 5.02 Å². The number of anilines is 2. The van der Waals surface area contributed by atoms with Crippen molar-refractivity contribution in [3.05, 3.63) is 79.0 Å². The summed E-state index contributed by atoms with van der Waals surface area (Å²) in [7, 11) is 1.43. The number of benzene rings is 2. The number of aryl methyl sites for hydroxylation is 1. The largest absolute Gasteiger partial charge is 0.358 e. The molecule has 4 aromatic rings. The third-order valence-electron chi connectivity index (χ3n) is 4.74. The number of rotatable bonds is 6. The molecule has 32 heavy (non-hydrogen) atoms. The fourth-order valence-electron chi connectivity index (χ4n) is 3.14. The van der Waals surface area contributed by atoms with Crippen LogP contribution in [-0.4, -0.2) is 32.1 Å². The van der Waals surface area contributed by atoms with Crippen molar-refractivity contribution in [2.75, 3.05) is 12.4 Å². The first-order valence-electron chi connectivity index (χ1n) is 9.65. The molecule has 0 unspecified atom stereocenters. The van der Waals surface area contributed by atoms with Crippen molar-refractivity contribution >= 4 is 50.7 Å². The third-order valence-corrected chi connectivity index (χ3v) is 5.92. The standard InChI is InChI=1S/C21H19ClN6O3S/c1-12-24-16-8-7-15(9-17(16)32-12)25-19-26-20(30)28(11-18(29)23-2)21(31)27(19)10-13-3-5-14(22)6-4-13/h3-9H,10-11H2,1-2H3,(H,23,29)(H,25,26,30). The zero-order chi connectivity index (χ0) is 22.8. The lowest BCUT2D eigenvalue weighted by Gasteiger charge is -2.15. The van der Waals surface area contributed by atoms with E-state index < -0.39 is 23.8 Å². The van der Waals surface area contributed by atoms with Gasteiger partial charge >= 0.3 is 11.4 Å². The van der Waals surface area contributed by atoms with Crippen LogP contribution < -0.4 is 22.0 Å². The zero-order valence-corrected chi connectivity index (χ0v) is 18.8.